The number of ether oxygens (including phenoxy) is 1. The second kappa shape index (κ2) is 7.93. The lowest BCUT2D eigenvalue weighted by Gasteiger charge is -2.10. The number of hydrogen-bond donors (Lipinski definition) is 1. The van der Waals surface area contributed by atoms with Gasteiger partial charge in [0.05, 0.1) is 11.3 Å². The Morgan fingerprint density at radius 2 is 1.86 bits per heavy atom. The van der Waals surface area contributed by atoms with Crippen molar-refractivity contribution >= 4 is 17.2 Å². The predicted molar refractivity (Wildman–Crippen MR) is 107 cm³/mol. The van der Waals surface area contributed by atoms with Crippen LogP contribution in [0.25, 0.3) is 5.65 Å². The number of pyridine rings is 1. The molecule has 144 valence electrons. The Morgan fingerprint density at radius 3 is 2.72 bits per heavy atom. The number of nitrogens with zero attached hydrogens (tertiary/aromatic N) is 2. The molecule has 0 atom stereocenters. The molecule has 0 unspecified atom stereocenters. The maximum absolute atomic E-state index is 13.8. The average molecular weight is 389 g/mol. The third-order valence-corrected chi connectivity index (χ3v) is 4.22. The Kier molecular flexibility index (Phi) is 5.03. The van der Waals surface area contributed by atoms with E-state index in [-0.39, 0.29) is 17.7 Å². The van der Waals surface area contributed by atoms with Gasteiger partial charge in [-0.3, -0.25) is 14.0 Å². The number of amides is 1. The highest BCUT2D eigenvalue weighted by Gasteiger charge is 2.11. The van der Waals surface area contributed by atoms with Gasteiger partial charge < -0.3 is 10.1 Å². The number of aromatic nitrogens is 2. The maximum atomic E-state index is 13.8. The quantitative estimate of drug-likeness (QED) is 0.565. The molecule has 0 saturated heterocycles. The molecule has 6 nitrogen and oxygen atoms in total. The lowest BCUT2D eigenvalue weighted by Crippen LogP contribution is -2.16. The summed E-state index contributed by atoms with van der Waals surface area (Å²) in [5, 5.41) is 2.64. The zero-order valence-electron chi connectivity index (χ0n) is 15.2. The fourth-order valence-corrected chi connectivity index (χ4v) is 2.84. The Hall–Kier alpha value is -4.00. The van der Waals surface area contributed by atoms with Crippen LogP contribution in [0.5, 0.6) is 5.75 Å². The SMILES string of the molecule is O=C(Nc1cccc(OCc2cc(=O)n3ccccc3n2)c1)c1ccccc1F. The number of benzene rings is 2. The van der Waals surface area contributed by atoms with Crippen LogP contribution in [0.15, 0.2) is 83.8 Å². The lowest BCUT2D eigenvalue weighted by atomic mass is 10.2. The first-order valence-corrected chi connectivity index (χ1v) is 8.86. The van der Waals surface area contributed by atoms with Crippen LogP contribution in [0.1, 0.15) is 16.1 Å². The normalized spacial score (nSPS) is 10.7. The van der Waals surface area contributed by atoms with Crippen molar-refractivity contribution in [3.8, 4) is 5.75 Å². The highest BCUT2D eigenvalue weighted by atomic mass is 19.1. The summed E-state index contributed by atoms with van der Waals surface area (Å²) >= 11 is 0. The van der Waals surface area contributed by atoms with E-state index in [1.165, 1.54) is 28.7 Å². The van der Waals surface area contributed by atoms with Crippen molar-refractivity contribution in [1.29, 1.82) is 0 Å². The molecule has 4 aromatic rings. The topological polar surface area (TPSA) is 72.7 Å². The number of fused-ring (bicyclic) bond motifs is 1. The molecule has 29 heavy (non-hydrogen) atoms. The largest absolute Gasteiger partial charge is 0.487 e. The highest BCUT2D eigenvalue weighted by Crippen LogP contribution is 2.19. The van der Waals surface area contributed by atoms with Gasteiger partial charge in [0.25, 0.3) is 11.5 Å². The zero-order chi connectivity index (χ0) is 20.2. The second-order valence-electron chi connectivity index (χ2n) is 6.27. The van der Waals surface area contributed by atoms with E-state index in [0.717, 1.165) is 0 Å². The Balaban J connectivity index is 1.47. The van der Waals surface area contributed by atoms with Crippen LogP contribution in [0, 0.1) is 5.82 Å². The third kappa shape index (κ3) is 4.14. The van der Waals surface area contributed by atoms with Gasteiger partial charge in [0.15, 0.2) is 0 Å². The molecule has 0 fully saturated rings. The van der Waals surface area contributed by atoms with Crippen molar-refractivity contribution in [2.75, 3.05) is 5.32 Å². The van der Waals surface area contributed by atoms with Crippen molar-refractivity contribution in [3.05, 3.63) is 106 Å². The van der Waals surface area contributed by atoms with Gasteiger partial charge >= 0.3 is 0 Å². The van der Waals surface area contributed by atoms with E-state index in [0.29, 0.717) is 22.8 Å². The van der Waals surface area contributed by atoms with E-state index in [1.54, 1.807) is 54.7 Å². The molecule has 7 heteroatoms. The van der Waals surface area contributed by atoms with E-state index < -0.39 is 11.7 Å². The first-order valence-electron chi connectivity index (χ1n) is 8.86. The number of carbonyl (C=O) groups excluding carboxylic acids is 1. The van der Waals surface area contributed by atoms with Gasteiger partial charge in [0.2, 0.25) is 0 Å². The molecule has 1 N–H and O–H groups in total. The molecule has 2 aromatic carbocycles. The molecule has 0 spiro atoms. The summed E-state index contributed by atoms with van der Waals surface area (Å²) in [6.07, 6.45) is 1.65. The Morgan fingerprint density at radius 1 is 1.03 bits per heavy atom. The van der Waals surface area contributed by atoms with Gasteiger partial charge in [-0.2, -0.15) is 0 Å². The van der Waals surface area contributed by atoms with Gasteiger partial charge in [0.1, 0.15) is 23.8 Å². The van der Waals surface area contributed by atoms with Crippen molar-refractivity contribution in [2.45, 2.75) is 6.61 Å². The van der Waals surface area contributed by atoms with Crippen molar-refractivity contribution in [2.24, 2.45) is 0 Å². The first kappa shape index (κ1) is 18.4. The van der Waals surface area contributed by atoms with Crippen LogP contribution in [-0.2, 0) is 6.61 Å². The van der Waals surface area contributed by atoms with Crippen molar-refractivity contribution in [3.63, 3.8) is 0 Å². The molecule has 0 bridgehead atoms. The van der Waals surface area contributed by atoms with Gasteiger partial charge in [-0.05, 0) is 36.4 Å². The molecular weight excluding hydrogens is 373 g/mol. The number of anilines is 1. The van der Waals surface area contributed by atoms with E-state index in [1.807, 2.05) is 0 Å². The summed E-state index contributed by atoms with van der Waals surface area (Å²) in [4.78, 5) is 28.8. The molecule has 2 aromatic heterocycles. The van der Waals surface area contributed by atoms with Crippen LogP contribution >= 0.6 is 0 Å². The van der Waals surface area contributed by atoms with Gasteiger partial charge in [0, 0.05) is 24.0 Å². The van der Waals surface area contributed by atoms with Gasteiger partial charge in [-0.1, -0.05) is 24.3 Å². The number of nitrogens with one attached hydrogen (secondary N) is 1. The monoisotopic (exact) mass is 389 g/mol. The molecule has 0 aliphatic rings. The molecular formula is C22H16FN3O3. The summed E-state index contributed by atoms with van der Waals surface area (Å²) < 4.78 is 20.9. The van der Waals surface area contributed by atoms with Crippen molar-refractivity contribution in [1.82, 2.24) is 9.38 Å². The van der Waals surface area contributed by atoms with Crippen LogP contribution in [0.2, 0.25) is 0 Å². The summed E-state index contributed by atoms with van der Waals surface area (Å²) in [5.74, 6) is -0.665. The molecule has 0 saturated carbocycles. The number of hydrogen-bond acceptors (Lipinski definition) is 4. The molecule has 2 heterocycles. The number of halogens is 1. The molecule has 0 radical (unpaired) electrons. The Bertz CT molecular complexity index is 1250. The van der Waals surface area contributed by atoms with Crippen LogP contribution < -0.4 is 15.6 Å². The predicted octanol–water partition coefficient (Wildman–Crippen LogP) is 3.66. The molecule has 0 aliphatic carbocycles. The third-order valence-electron chi connectivity index (χ3n) is 4.22. The number of rotatable bonds is 5. The molecule has 0 aliphatic heterocycles. The van der Waals surface area contributed by atoms with Gasteiger partial charge in [-0.15, -0.1) is 0 Å². The molecule has 1 amide bonds. The highest BCUT2D eigenvalue weighted by molar-refractivity contribution is 6.04. The minimum atomic E-state index is -0.592. The standard InChI is InChI=1S/C22H16FN3O3/c23-19-9-2-1-8-18(19)22(28)25-15-6-5-7-17(12-15)29-14-16-13-21(27)26-11-4-3-10-20(26)24-16/h1-13H,14H2,(H,25,28). The smallest absolute Gasteiger partial charge is 0.258 e. The van der Waals surface area contributed by atoms with Crippen LogP contribution in [-0.4, -0.2) is 15.3 Å². The summed E-state index contributed by atoms with van der Waals surface area (Å²) in [6.45, 7) is 0.0886. The fraction of sp³-hybridized carbons (Fsp3) is 0.0455. The fourth-order valence-electron chi connectivity index (χ4n) is 2.84. The number of carbonyl (C=O) groups is 1. The lowest BCUT2D eigenvalue weighted by molar-refractivity contribution is 0.102. The Labute approximate surface area is 165 Å². The minimum absolute atomic E-state index is 0.0420. The molecule has 4 rings (SSSR count). The van der Waals surface area contributed by atoms with Crippen LogP contribution in [0.4, 0.5) is 10.1 Å². The van der Waals surface area contributed by atoms with Crippen LogP contribution in [0.3, 0.4) is 0 Å². The van der Waals surface area contributed by atoms with E-state index in [4.69, 9.17) is 4.74 Å². The minimum Gasteiger partial charge on any atom is -0.487 e. The summed E-state index contributed by atoms with van der Waals surface area (Å²) in [7, 11) is 0. The van der Waals surface area contributed by atoms with E-state index in [9.17, 15) is 14.0 Å². The first-order chi connectivity index (χ1) is 14.1. The summed E-state index contributed by atoms with van der Waals surface area (Å²) in [5.41, 5.74) is 1.24. The maximum Gasteiger partial charge on any atom is 0.258 e. The van der Waals surface area contributed by atoms with E-state index >= 15 is 0 Å². The van der Waals surface area contributed by atoms with Gasteiger partial charge in [-0.25, -0.2) is 9.37 Å². The second-order valence-corrected chi connectivity index (χ2v) is 6.27. The zero-order valence-corrected chi connectivity index (χ0v) is 15.2. The van der Waals surface area contributed by atoms with E-state index in [2.05, 4.69) is 10.3 Å². The van der Waals surface area contributed by atoms with Crippen molar-refractivity contribution < 1.29 is 13.9 Å². The average Bonchev–Trinajstić information content (AvgIpc) is 2.73. The summed E-state index contributed by atoms with van der Waals surface area (Å²) in [6, 6.07) is 19.2.